The molecule has 4 heterocycles. The van der Waals surface area contributed by atoms with Gasteiger partial charge in [0.1, 0.15) is 5.82 Å². The van der Waals surface area contributed by atoms with Crippen LogP contribution < -0.4 is 11.1 Å². The molecule has 0 saturated carbocycles. The van der Waals surface area contributed by atoms with Crippen molar-refractivity contribution in [2.75, 3.05) is 31.2 Å². The van der Waals surface area contributed by atoms with Crippen molar-refractivity contribution in [3.63, 3.8) is 0 Å². The Morgan fingerprint density at radius 1 is 1.06 bits per heavy atom. The van der Waals surface area contributed by atoms with Crippen molar-refractivity contribution in [1.82, 2.24) is 19.9 Å². The van der Waals surface area contributed by atoms with E-state index in [0.29, 0.717) is 5.13 Å². The van der Waals surface area contributed by atoms with E-state index in [9.17, 15) is 0 Å². The number of nitrogen functional groups attached to an aromatic ring is 1. The van der Waals surface area contributed by atoms with Gasteiger partial charge in [-0.15, -0.1) is 0 Å². The number of likely N-dealkylation sites (tertiary alicyclic amines) is 1. The summed E-state index contributed by atoms with van der Waals surface area (Å²) in [4.78, 5) is 16.3. The van der Waals surface area contributed by atoms with E-state index in [-0.39, 0.29) is 0 Å². The molecule has 1 saturated heterocycles. The van der Waals surface area contributed by atoms with Crippen LogP contribution in [0.3, 0.4) is 0 Å². The lowest BCUT2D eigenvalue weighted by molar-refractivity contribution is 0.230. The molecule has 0 spiro atoms. The smallest absolute Gasteiger partial charge is 0.180 e. The van der Waals surface area contributed by atoms with Crippen molar-refractivity contribution >= 4 is 38.8 Å². The Kier molecular flexibility index (Phi) is 7.55. The van der Waals surface area contributed by atoms with Crippen LogP contribution in [0.15, 0.2) is 61.6 Å². The molecule has 0 radical (unpaired) electrons. The van der Waals surface area contributed by atoms with Gasteiger partial charge < -0.3 is 16.0 Å². The average Bonchev–Trinajstić information content (AvgIpc) is 3.27. The number of hydrogen-bond donors (Lipinski definition) is 2. The van der Waals surface area contributed by atoms with Gasteiger partial charge in [-0.1, -0.05) is 37.0 Å². The fourth-order valence-electron chi connectivity index (χ4n) is 3.88. The largest absolute Gasteiger partial charge is 0.375 e. The summed E-state index contributed by atoms with van der Waals surface area (Å²) in [6, 6.07) is 12.2. The highest BCUT2D eigenvalue weighted by molar-refractivity contribution is 7.18. The van der Waals surface area contributed by atoms with E-state index in [0.717, 1.165) is 49.9 Å². The molecule has 0 atom stereocenters. The minimum atomic E-state index is 0.570. The number of aryl methyl sites for hydroxylation is 1. The Morgan fingerprint density at radius 3 is 2.53 bits per heavy atom. The SMILES string of the molecule is C=C(Nc1cc2cc(-c3cnc(N)s3)ccc2cn1)c1ccnc(C)c1.CC1CCN(C)CC1. The van der Waals surface area contributed by atoms with Crippen LogP contribution in [0.5, 0.6) is 0 Å². The number of nitrogens with two attached hydrogens (primary N) is 1. The first-order chi connectivity index (χ1) is 16.4. The van der Waals surface area contributed by atoms with Gasteiger partial charge in [-0.2, -0.15) is 0 Å². The van der Waals surface area contributed by atoms with Crippen molar-refractivity contribution in [1.29, 1.82) is 0 Å². The molecule has 0 unspecified atom stereocenters. The molecule has 1 aliphatic heterocycles. The third-order valence-electron chi connectivity index (χ3n) is 6.06. The Hall–Kier alpha value is -3.29. The molecular formula is C27H32N6S. The van der Waals surface area contributed by atoms with Crippen LogP contribution in [0.25, 0.3) is 26.9 Å². The number of nitrogens with zero attached hydrogens (tertiary/aromatic N) is 4. The number of aromatic nitrogens is 3. The summed E-state index contributed by atoms with van der Waals surface area (Å²) in [7, 11) is 2.20. The third kappa shape index (κ3) is 6.18. The van der Waals surface area contributed by atoms with E-state index in [1.807, 2.05) is 31.3 Å². The van der Waals surface area contributed by atoms with Crippen LogP contribution in [-0.4, -0.2) is 40.0 Å². The van der Waals surface area contributed by atoms with E-state index in [1.54, 1.807) is 12.4 Å². The molecule has 3 aromatic heterocycles. The minimum Gasteiger partial charge on any atom is -0.375 e. The fourth-order valence-corrected chi connectivity index (χ4v) is 4.56. The molecule has 0 aliphatic carbocycles. The maximum absolute atomic E-state index is 5.75. The number of pyridine rings is 2. The number of piperidine rings is 1. The van der Waals surface area contributed by atoms with Gasteiger partial charge in [-0.25, -0.2) is 9.97 Å². The summed E-state index contributed by atoms with van der Waals surface area (Å²) < 4.78 is 0. The third-order valence-corrected chi connectivity index (χ3v) is 6.94. The molecule has 4 aromatic rings. The summed E-state index contributed by atoms with van der Waals surface area (Å²) >= 11 is 1.48. The van der Waals surface area contributed by atoms with Gasteiger partial charge in [0.05, 0.1) is 4.88 Å². The highest BCUT2D eigenvalue weighted by atomic mass is 32.1. The van der Waals surface area contributed by atoms with Crippen LogP contribution in [0.1, 0.15) is 31.0 Å². The maximum Gasteiger partial charge on any atom is 0.180 e. The molecule has 6 nitrogen and oxygen atoms in total. The summed E-state index contributed by atoms with van der Waals surface area (Å²) in [5.41, 5.74) is 9.57. The monoisotopic (exact) mass is 472 g/mol. The van der Waals surface area contributed by atoms with E-state index in [2.05, 4.69) is 63.9 Å². The molecule has 5 rings (SSSR count). The van der Waals surface area contributed by atoms with Crippen LogP contribution in [0.2, 0.25) is 0 Å². The molecule has 1 aromatic carbocycles. The molecule has 0 bridgehead atoms. The first-order valence-corrected chi connectivity index (χ1v) is 12.4. The molecule has 176 valence electrons. The van der Waals surface area contributed by atoms with Crippen molar-refractivity contribution < 1.29 is 0 Å². The van der Waals surface area contributed by atoms with Gasteiger partial charge >= 0.3 is 0 Å². The predicted octanol–water partition coefficient (Wildman–Crippen LogP) is 6.07. The second kappa shape index (κ2) is 10.8. The lowest BCUT2D eigenvalue weighted by Gasteiger charge is -2.26. The van der Waals surface area contributed by atoms with Crippen molar-refractivity contribution in [3.05, 3.63) is 72.8 Å². The molecule has 34 heavy (non-hydrogen) atoms. The summed E-state index contributed by atoms with van der Waals surface area (Å²) in [5.74, 6) is 1.73. The zero-order valence-corrected chi connectivity index (χ0v) is 20.9. The number of benzene rings is 1. The number of hydrogen-bond acceptors (Lipinski definition) is 7. The summed E-state index contributed by atoms with van der Waals surface area (Å²) in [5, 5.41) is 6.01. The molecular weight excluding hydrogens is 440 g/mol. The highest BCUT2D eigenvalue weighted by Gasteiger charge is 2.11. The number of nitrogens with one attached hydrogen (secondary N) is 1. The van der Waals surface area contributed by atoms with Crippen LogP contribution >= 0.6 is 11.3 Å². The minimum absolute atomic E-state index is 0.570. The van der Waals surface area contributed by atoms with Gasteiger partial charge in [0.15, 0.2) is 5.13 Å². The van der Waals surface area contributed by atoms with Crippen molar-refractivity contribution in [2.45, 2.75) is 26.7 Å². The molecule has 0 amide bonds. The Labute approximate surface area is 205 Å². The predicted molar refractivity (Wildman–Crippen MR) is 145 cm³/mol. The Morgan fingerprint density at radius 2 is 1.85 bits per heavy atom. The first-order valence-electron chi connectivity index (χ1n) is 11.6. The Balaban J connectivity index is 0.000000291. The average molecular weight is 473 g/mol. The fraction of sp³-hybridized carbons (Fsp3) is 0.296. The lowest BCUT2D eigenvalue weighted by Crippen LogP contribution is -2.28. The number of fused-ring (bicyclic) bond motifs is 1. The Bertz CT molecular complexity index is 1260. The zero-order valence-electron chi connectivity index (χ0n) is 20.1. The number of anilines is 2. The lowest BCUT2D eigenvalue weighted by atomic mass is 10.00. The summed E-state index contributed by atoms with van der Waals surface area (Å²) in [6.45, 7) is 11.0. The molecule has 7 heteroatoms. The maximum atomic E-state index is 5.75. The topological polar surface area (TPSA) is 80.0 Å². The highest BCUT2D eigenvalue weighted by Crippen LogP contribution is 2.30. The van der Waals surface area contributed by atoms with Crippen molar-refractivity contribution in [3.8, 4) is 10.4 Å². The first kappa shape index (κ1) is 23.9. The van der Waals surface area contributed by atoms with Gasteiger partial charge in [0.2, 0.25) is 0 Å². The van der Waals surface area contributed by atoms with Gasteiger partial charge in [0.25, 0.3) is 0 Å². The van der Waals surface area contributed by atoms with Gasteiger partial charge in [-0.05, 0) is 81.0 Å². The van der Waals surface area contributed by atoms with E-state index >= 15 is 0 Å². The van der Waals surface area contributed by atoms with Crippen LogP contribution in [0.4, 0.5) is 10.9 Å². The standard InChI is InChI=1S/C20H17N5S.C7H15N/c1-12-7-14(5-6-22-12)13(2)25-19-9-17-8-15(3-4-16(17)10-23-19)18-11-24-20(21)26-18;1-7-3-5-8(2)6-4-7/h3-11H,2H2,1H3,(H2,21,24)(H,23,25);7H,3-6H2,1-2H3. The zero-order chi connectivity index (χ0) is 24.1. The summed E-state index contributed by atoms with van der Waals surface area (Å²) in [6.07, 6.45) is 8.23. The second-order valence-corrected chi connectivity index (χ2v) is 10.0. The molecule has 1 fully saturated rings. The van der Waals surface area contributed by atoms with Gasteiger partial charge in [-0.3, -0.25) is 4.98 Å². The van der Waals surface area contributed by atoms with Crippen LogP contribution in [-0.2, 0) is 0 Å². The normalized spacial score (nSPS) is 14.4. The number of rotatable bonds is 4. The van der Waals surface area contributed by atoms with E-state index in [4.69, 9.17) is 5.73 Å². The second-order valence-electron chi connectivity index (χ2n) is 8.97. The molecule has 1 aliphatic rings. The quantitative estimate of drug-likeness (QED) is 0.375. The van der Waals surface area contributed by atoms with Crippen molar-refractivity contribution in [2.24, 2.45) is 5.92 Å². The molecule has 3 N–H and O–H groups in total. The van der Waals surface area contributed by atoms with E-state index < -0.39 is 0 Å². The van der Waals surface area contributed by atoms with Crippen LogP contribution in [0, 0.1) is 12.8 Å². The van der Waals surface area contributed by atoms with E-state index in [1.165, 1.54) is 37.3 Å². The number of thiazole rings is 1. The van der Waals surface area contributed by atoms with Gasteiger partial charge in [0, 0.05) is 40.9 Å².